The third-order valence-electron chi connectivity index (χ3n) is 15.6. The molecule has 0 radical (unpaired) electrons. The highest BCUT2D eigenvalue weighted by Crippen LogP contribution is 2.43. The molecule has 0 aliphatic rings. The lowest BCUT2D eigenvalue weighted by Gasteiger charge is -2.19. The Morgan fingerprint density at radius 1 is 0.333 bits per heavy atom. The molecule has 2 unspecified atom stereocenters. The zero-order chi connectivity index (χ0) is 67.2. The molecule has 3 N–H and O–H groups in total. The summed E-state index contributed by atoms with van der Waals surface area (Å²) in [6.07, 6.45) is 113. The second-order valence-corrected chi connectivity index (χ2v) is 25.9. The Labute approximate surface area is 571 Å². The van der Waals surface area contributed by atoms with Gasteiger partial charge < -0.3 is 20.1 Å². The van der Waals surface area contributed by atoms with Gasteiger partial charge in [0.25, 0.3) is 0 Å². The Hall–Kier alpha value is -4.63. The van der Waals surface area contributed by atoms with Gasteiger partial charge in [-0.15, -0.1) is 0 Å². The minimum atomic E-state index is -4.41. The Morgan fingerprint density at radius 3 is 0.882 bits per heavy atom. The molecular weight excluding hydrogens is 1170 g/mol. The van der Waals surface area contributed by atoms with Gasteiger partial charge in [-0.1, -0.05) is 332 Å². The van der Waals surface area contributed by atoms with Gasteiger partial charge in [-0.25, -0.2) is 4.57 Å². The van der Waals surface area contributed by atoms with Crippen molar-refractivity contribution in [1.29, 1.82) is 0 Å². The average molecular weight is 1310 g/mol. The summed E-state index contributed by atoms with van der Waals surface area (Å²) in [6, 6.07) is 0. The molecule has 93 heavy (non-hydrogen) atoms. The Bertz CT molecular complexity index is 2140. The SMILES string of the molecule is CC/C=C\C/C=C\C/C=C\C/C=C\C/C=C\C/C=C\C/C=C\C/C=C\C/C=C\C/C=C\C/C=C\CCCCCCCC(=O)OC(COC(=O)CCCCCCCCCCCCCCCCCCCC/C=C\C/C=C\C/C=C\CCCCCCC)COP(=O)(O)OCCN. The number of hydrogen-bond donors (Lipinski definition) is 2. The van der Waals surface area contributed by atoms with Crippen LogP contribution in [-0.2, 0) is 32.7 Å². The van der Waals surface area contributed by atoms with E-state index in [1.807, 2.05) is 0 Å². The molecule has 0 bridgehead atoms. The van der Waals surface area contributed by atoms with Crippen molar-refractivity contribution in [3.8, 4) is 0 Å². The molecule has 10 heteroatoms. The lowest BCUT2D eigenvalue weighted by molar-refractivity contribution is -0.161. The lowest BCUT2D eigenvalue weighted by atomic mass is 10.0. The number of ether oxygens (including phenoxy) is 2. The molecule has 0 aromatic rings. The van der Waals surface area contributed by atoms with E-state index in [0.717, 1.165) is 135 Å². The summed E-state index contributed by atoms with van der Waals surface area (Å²) >= 11 is 0. The molecule has 528 valence electrons. The number of phosphoric acid groups is 1. The first kappa shape index (κ1) is 88.4. The first-order valence-corrected chi connectivity index (χ1v) is 39.1. The molecule has 0 saturated heterocycles. The van der Waals surface area contributed by atoms with Crippen molar-refractivity contribution in [2.75, 3.05) is 26.4 Å². The van der Waals surface area contributed by atoms with Crippen LogP contribution < -0.4 is 5.73 Å². The highest BCUT2D eigenvalue weighted by Gasteiger charge is 2.26. The first-order chi connectivity index (χ1) is 45.8. The maximum absolute atomic E-state index is 12.8. The van der Waals surface area contributed by atoms with Crippen molar-refractivity contribution in [2.45, 2.75) is 315 Å². The van der Waals surface area contributed by atoms with E-state index in [2.05, 4.69) is 184 Å². The molecular formula is C83H138NO8P. The van der Waals surface area contributed by atoms with Gasteiger partial charge in [0.15, 0.2) is 6.10 Å². The fourth-order valence-electron chi connectivity index (χ4n) is 10.1. The van der Waals surface area contributed by atoms with Gasteiger partial charge in [0.05, 0.1) is 13.2 Å². The van der Waals surface area contributed by atoms with Gasteiger partial charge in [0.2, 0.25) is 0 Å². The van der Waals surface area contributed by atoms with E-state index in [9.17, 15) is 19.0 Å². The van der Waals surface area contributed by atoms with Crippen molar-refractivity contribution >= 4 is 19.8 Å². The number of phosphoric ester groups is 1. The summed E-state index contributed by atoms with van der Waals surface area (Å²) in [5.74, 6) is -0.852. The number of allylic oxidation sites excluding steroid dienone is 28. The quantitative estimate of drug-likeness (QED) is 0.0264. The van der Waals surface area contributed by atoms with Gasteiger partial charge in [0.1, 0.15) is 6.61 Å². The van der Waals surface area contributed by atoms with E-state index in [4.69, 9.17) is 24.3 Å². The monoisotopic (exact) mass is 1310 g/mol. The van der Waals surface area contributed by atoms with E-state index in [1.165, 1.54) is 141 Å². The van der Waals surface area contributed by atoms with Crippen LogP contribution in [-0.4, -0.2) is 49.3 Å². The van der Waals surface area contributed by atoms with E-state index in [-0.39, 0.29) is 38.6 Å². The molecule has 0 aliphatic carbocycles. The summed E-state index contributed by atoms with van der Waals surface area (Å²) in [7, 11) is -4.41. The number of unbranched alkanes of at least 4 members (excludes halogenated alkanes) is 28. The van der Waals surface area contributed by atoms with Crippen LogP contribution in [0.2, 0.25) is 0 Å². The van der Waals surface area contributed by atoms with Crippen molar-refractivity contribution in [1.82, 2.24) is 0 Å². The highest BCUT2D eigenvalue weighted by atomic mass is 31.2. The van der Waals surface area contributed by atoms with E-state index in [1.54, 1.807) is 0 Å². The number of carbonyl (C=O) groups excluding carboxylic acids is 2. The van der Waals surface area contributed by atoms with Gasteiger partial charge in [-0.2, -0.15) is 0 Å². The van der Waals surface area contributed by atoms with Crippen molar-refractivity contribution in [2.24, 2.45) is 5.73 Å². The molecule has 0 fully saturated rings. The minimum absolute atomic E-state index is 0.0425. The van der Waals surface area contributed by atoms with E-state index < -0.39 is 26.5 Å². The minimum Gasteiger partial charge on any atom is -0.462 e. The molecule has 0 aromatic carbocycles. The normalized spacial score (nSPS) is 13.9. The molecule has 0 saturated carbocycles. The van der Waals surface area contributed by atoms with Crippen molar-refractivity contribution in [3.63, 3.8) is 0 Å². The number of carbonyl (C=O) groups is 2. The van der Waals surface area contributed by atoms with Crippen molar-refractivity contribution < 1.29 is 37.6 Å². The molecule has 0 spiro atoms. The Kier molecular flexibility index (Phi) is 72.6. The van der Waals surface area contributed by atoms with Crippen LogP contribution in [0.25, 0.3) is 0 Å². The summed E-state index contributed by atoms with van der Waals surface area (Å²) in [4.78, 5) is 35.4. The van der Waals surface area contributed by atoms with Gasteiger partial charge in [-0.05, 0) is 135 Å². The Balaban J connectivity index is 3.96. The maximum Gasteiger partial charge on any atom is 0.472 e. The third kappa shape index (κ3) is 76.3. The third-order valence-corrected chi connectivity index (χ3v) is 16.6. The van der Waals surface area contributed by atoms with Crippen LogP contribution in [0.1, 0.15) is 309 Å². The fraction of sp³-hybridized carbons (Fsp3) is 0.639. The van der Waals surface area contributed by atoms with Crippen molar-refractivity contribution in [3.05, 3.63) is 170 Å². The lowest BCUT2D eigenvalue weighted by Crippen LogP contribution is -2.29. The largest absolute Gasteiger partial charge is 0.472 e. The van der Waals surface area contributed by atoms with Crippen LogP contribution in [0.3, 0.4) is 0 Å². The molecule has 9 nitrogen and oxygen atoms in total. The summed E-state index contributed by atoms with van der Waals surface area (Å²) in [6.45, 7) is 3.60. The van der Waals surface area contributed by atoms with Crippen LogP contribution in [0.15, 0.2) is 170 Å². The zero-order valence-electron chi connectivity index (χ0n) is 59.4. The van der Waals surface area contributed by atoms with Gasteiger partial charge >= 0.3 is 19.8 Å². The molecule has 0 aliphatic heterocycles. The summed E-state index contributed by atoms with van der Waals surface area (Å²) in [5, 5.41) is 0. The molecule has 0 heterocycles. The number of rotatable bonds is 69. The molecule has 0 rings (SSSR count). The fourth-order valence-corrected chi connectivity index (χ4v) is 10.8. The van der Waals surface area contributed by atoms with Crippen LogP contribution in [0.4, 0.5) is 0 Å². The number of nitrogens with two attached hydrogens (primary N) is 1. The second-order valence-electron chi connectivity index (χ2n) is 24.4. The highest BCUT2D eigenvalue weighted by molar-refractivity contribution is 7.47. The van der Waals surface area contributed by atoms with Gasteiger partial charge in [-0.3, -0.25) is 18.6 Å². The van der Waals surface area contributed by atoms with Crippen LogP contribution in [0.5, 0.6) is 0 Å². The summed E-state index contributed by atoms with van der Waals surface area (Å²) in [5.41, 5.74) is 5.41. The Morgan fingerprint density at radius 2 is 0.591 bits per heavy atom. The zero-order valence-corrected chi connectivity index (χ0v) is 60.3. The number of esters is 2. The van der Waals surface area contributed by atoms with E-state index in [0.29, 0.717) is 6.42 Å². The van der Waals surface area contributed by atoms with Crippen LogP contribution in [0, 0.1) is 0 Å². The molecule has 0 aromatic heterocycles. The van der Waals surface area contributed by atoms with E-state index >= 15 is 0 Å². The molecule has 0 amide bonds. The first-order valence-electron chi connectivity index (χ1n) is 37.6. The molecule has 2 atom stereocenters. The predicted octanol–water partition coefficient (Wildman–Crippen LogP) is 25.3. The van der Waals surface area contributed by atoms with Crippen LogP contribution >= 0.6 is 7.82 Å². The second kappa shape index (κ2) is 76.4. The number of hydrogen-bond acceptors (Lipinski definition) is 8. The topological polar surface area (TPSA) is 134 Å². The smallest absolute Gasteiger partial charge is 0.462 e. The average Bonchev–Trinajstić information content (AvgIpc) is 3.60. The standard InChI is InChI=1S/C83H138NO8P/c1-3-5-7-9-11-13-15-17-19-21-23-25-27-29-31-33-35-37-38-39-40-41-42-44-46-48-50-52-54-56-58-60-62-64-66-68-70-72-74-76-83(86)92-81(80-91-93(87,88)90-78-77-84)79-89-82(85)75-73-71-69-67-65-63-61-59-57-55-53-51-49-47-45-43-36-34-32-30-28-26-24-22-20-18-16-14-12-10-8-6-4-2/h5,7,11,13,16-19,22-25,28-31,35,37,39-40,42,44,48,50,54,56,60,62,81H,3-4,6,8-10,12,14-15,20-21,26-27,32-34,36,38,41,43,45-47,49,51-53,55,57-59,61,63-80,84H2,1-2H3,(H,87,88)/b7-5-,13-11-,18-16-,19-17-,24-22-,25-23-,30-28-,31-29-,37-35-,40-39-,44-42-,50-48-,56-54-,62-60-. The predicted molar refractivity (Wildman–Crippen MR) is 403 cm³/mol. The maximum atomic E-state index is 12.8. The summed E-state index contributed by atoms with van der Waals surface area (Å²) < 4.78 is 33.2. The van der Waals surface area contributed by atoms with Gasteiger partial charge in [0, 0.05) is 19.4 Å².